The lowest BCUT2D eigenvalue weighted by molar-refractivity contribution is -0.161. The molecule has 0 aliphatic heterocycles. The Hall–Kier alpha value is -2.11. The summed E-state index contributed by atoms with van der Waals surface area (Å²) in [6.45, 7) is 3.35. The highest BCUT2D eigenvalue weighted by molar-refractivity contribution is 7.46. The van der Waals surface area contributed by atoms with Crippen molar-refractivity contribution in [2.45, 2.75) is 186 Å². The van der Waals surface area contributed by atoms with E-state index in [2.05, 4.69) is 42.7 Å². The Labute approximate surface area is 331 Å². The highest BCUT2D eigenvalue weighted by Crippen LogP contribution is 2.37. The molecule has 1 aliphatic rings. The van der Waals surface area contributed by atoms with E-state index in [0.717, 1.165) is 57.8 Å². The van der Waals surface area contributed by atoms with Crippen molar-refractivity contribution in [2.75, 3.05) is 13.2 Å². The van der Waals surface area contributed by atoms with Gasteiger partial charge in [0.1, 0.15) is 6.61 Å². The molecule has 318 valence electrons. The zero-order valence-electron chi connectivity index (χ0n) is 33.9. The van der Waals surface area contributed by atoms with E-state index in [4.69, 9.17) is 19.3 Å². The fourth-order valence-electron chi connectivity index (χ4n) is 6.63. The third-order valence-electron chi connectivity index (χ3n) is 9.89. The zero-order valence-corrected chi connectivity index (χ0v) is 34.8. The van der Waals surface area contributed by atoms with E-state index in [0.29, 0.717) is 32.1 Å². The molecule has 0 bridgehead atoms. The van der Waals surface area contributed by atoms with Crippen molar-refractivity contribution in [2.24, 2.45) is 11.8 Å². The van der Waals surface area contributed by atoms with Gasteiger partial charge in [0, 0.05) is 25.2 Å². The summed E-state index contributed by atoms with van der Waals surface area (Å²) in [7, 11) is -4.83. The monoisotopic (exact) mass is 799 g/mol. The highest BCUT2D eigenvalue weighted by atomic mass is 31.2. The van der Waals surface area contributed by atoms with Crippen LogP contribution in [0.3, 0.4) is 0 Å². The molecule has 0 unspecified atom stereocenters. The lowest BCUT2D eigenvalue weighted by atomic mass is 9.89. The minimum absolute atomic E-state index is 0.0320. The lowest BCUT2D eigenvalue weighted by Gasteiger charge is -2.19. The van der Waals surface area contributed by atoms with Gasteiger partial charge in [0.15, 0.2) is 6.10 Å². The summed E-state index contributed by atoms with van der Waals surface area (Å²) in [6.07, 6.45) is 33.5. The third kappa shape index (κ3) is 28.9. The van der Waals surface area contributed by atoms with Crippen molar-refractivity contribution < 1.29 is 53.3 Å². The molecule has 55 heavy (non-hydrogen) atoms. The molecule has 0 heterocycles. The first kappa shape index (κ1) is 50.9. The average Bonchev–Trinajstić information content (AvgIpc) is 3.41. The number of phosphoric acid groups is 1. The third-order valence-corrected chi connectivity index (χ3v) is 10.4. The number of phosphoric ester groups is 1. The number of unbranched alkanes of at least 4 members (excludes halogenated alkanes) is 13. The molecule has 0 aromatic rings. The smallest absolute Gasteiger partial charge is 0.462 e. The summed E-state index contributed by atoms with van der Waals surface area (Å²) in [5, 5.41) is 31.2. The number of allylic oxidation sites excluding steroid dienone is 6. The quantitative estimate of drug-likeness (QED) is 0.0181. The summed E-state index contributed by atoms with van der Waals surface area (Å²) in [5.41, 5.74) is 0. The molecule has 1 fully saturated rings. The number of ether oxygens (including phenoxy) is 2. The highest BCUT2D eigenvalue weighted by Gasteiger charge is 2.39. The Morgan fingerprint density at radius 1 is 0.709 bits per heavy atom. The maximum Gasteiger partial charge on any atom is 0.469 e. The first-order chi connectivity index (χ1) is 26.5. The van der Waals surface area contributed by atoms with Crippen LogP contribution in [0.2, 0.25) is 0 Å². The van der Waals surface area contributed by atoms with E-state index < -0.39 is 50.8 Å². The molecule has 11 nitrogen and oxygen atoms in total. The van der Waals surface area contributed by atoms with E-state index in [1.54, 1.807) is 6.08 Å². The first-order valence-electron chi connectivity index (χ1n) is 21.2. The Kier molecular flexibility index (Phi) is 30.5. The van der Waals surface area contributed by atoms with Gasteiger partial charge < -0.3 is 34.6 Å². The molecule has 0 saturated heterocycles. The van der Waals surface area contributed by atoms with E-state index in [9.17, 15) is 29.5 Å². The molecule has 0 aromatic heterocycles. The number of aliphatic hydroxyl groups excluding tert-OH is 3. The summed E-state index contributed by atoms with van der Waals surface area (Å²) in [4.78, 5) is 43.1. The summed E-state index contributed by atoms with van der Waals surface area (Å²) >= 11 is 0. The van der Waals surface area contributed by atoms with Gasteiger partial charge in [0.05, 0.1) is 24.9 Å². The Morgan fingerprint density at radius 3 is 1.96 bits per heavy atom. The summed E-state index contributed by atoms with van der Waals surface area (Å²) in [6, 6.07) is 0. The fourth-order valence-corrected chi connectivity index (χ4v) is 6.99. The topological polar surface area (TPSA) is 180 Å². The molecule has 6 atom stereocenters. The second kappa shape index (κ2) is 32.9. The molecular weight excluding hydrogens is 723 g/mol. The van der Waals surface area contributed by atoms with Crippen LogP contribution in [0.5, 0.6) is 0 Å². The van der Waals surface area contributed by atoms with Crippen molar-refractivity contribution in [3.8, 4) is 0 Å². The van der Waals surface area contributed by atoms with E-state index in [1.807, 2.05) is 18.2 Å². The lowest BCUT2D eigenvalue weighted by Crippen LogP contribution is -2.29. The largest absolute Gasteiger partial charge is 0.469 e. The number of carbonyl (C=O) groups excluding carboxylic acids is 2. The molecule has 12 heteroatoms. The molecule has 0 amide bonds. The van der Waals surface area contributed by atoms with Gasteiger partial charge in [-0.25, -0.2) is 4.57 Å². The van der Waals surface area contributed by atoms with Gasteiger partial charge in [0.2, 0.25) is 0 Å². The number of carbonyl (C=O) groups is 2. The number of aliphatic hydroxyl groups is 3. The molecule has 1 rings (SSSR count). The predicted molar refractivity (Wildman–Crippen MR) is 218 cm³/mol. The number of hydrogen-bond donors (Lipinski definition) is 5. The maximum atomic E-state index is 12.5. The van der Waals surface area contributed by atoms with Crippen molar-refractivity contribution in [3.63, 3.8) is 0 Å². The molecular formula is C43H75O11P. The summed E-state index contributed by atoms with van der Waals surface area (Å²) < 4.78 is 26.4. The van der Waals surface area contributed by atoms with Crippen molar-refractivity contribution in [1.29, 1.82) is 0 Å². The van der Waals surface area contributed by atoms with E-state index >= 15 is 0 Å². The Bertz CT molecular complexity index is 1150. The van der Waals surface area contributed by atoms with Crippen LogP contribution < -0.4 is 0 Å². The Balaban J connectivity index is 2.29. The Morgan fingerprint density at radius 2 is 1.29 bits per heavy atom. The van der Waals surface area contributed by atoms with Crippen LogP contribution in [-0.2, 0) is 28.2 Å². The number of rotatable bonds is 34. The van der Waals surface area contributed by atoms with Crippen molar-refractivity contribution in [1.82, 2.24) is 0 Å². The molecule has 5 N–H and O–H groups in total. The first-order valence-corrected chi connectivity index (χ1v) is 22.7. The van der Waals surface area contributed by atoms with Crippen LogP contribution in [0.25, 0.3) is 0 Å². The summed E-state index contributed by atoms with van der Waals surface area (Å²) in [5.74, 6) is -1.52. The SMILES string of the molecule is CCCCC/C=C\C/C=C\CCCCCCCCCC(=O)OC[C@H](COP(=O)(O)O)OC(=O)CCC/C=C/C[C@@H]1[C@@H](/C=C/[C@@H](O)CCCCC)[C@H](O)C[C@@H]1O. The van der Waals surface area contributed by atoms with Crippen LogP contribution in [-0.4, -0.2) is 74.7 Å². The van der Waals surface area contributed by atoms with Gasteiger partial charge >= 0.3 is 19.8 Å². The molecule has 0 spiro atoms. The standard InChI is InChI=1S/C43H75O11P/c1-3-5-7-8-9-10-11-12-13-14-15-16-17-18-19-20-25-29-42(47)52-34-37(35-53-55(49,50)51)54-43(48)30-26-22-21-24-28-38-39(41(46)33-40(38)45)32-31-36(44)27-23-6-4-2/h9-10,12-13,21,24,31-32,36-41,44-46H,3-8,11,14-20,22-23,25-30,33-35H2,1-2H3,(H2,49,50,51)/b10-9-,13-12-,24-21+,32-31+/t36-,37+,38+,39+,40-,41+/m0/s1. The van der Waals surface area contributed by atoms with Gasteiger partial charge in [0.25, 0.3) is 0 Å². The minimum atomic E-state index is -4.83. The molecule has 1 saturated carbocycles. The number of hydrogen-bond acceptors (Lipinski definition) is 9. The van der Waals surface area contributed by atoms with Crippen molar-refractivity contribution in [3.05, 3.63) is 48.6 Å². The van der Waals surface area contributed by atoms with Crippen LogP contribution >= 0.6 is 7.82 Å². The van der Waals surface area contributed by atoms with Crippen LogP contribution in [0, 0.1) is 11.8 Å². The van der Waals surface area contributed by atoms with E-state index in [-0.39, 0.29) is 37.7 Å². The number of esters is 2. The van der Waals surface area contributed by atoms with Crippen LogP contribution in [0.1, 0.15) is 162 Å². The second-order valence-corrected chi connectivity index (χ2v) is 16.2. The zero-order chi connectivity index (χ0) is 40.6. The van der Waals surface area contributed by atoms with Crippen LogP contribution in [0.4, 0.5) is 0 Å². The second-order valence-electron chi connectivity index (χ2n) is 14.9. The fraction of sp³-hybridized carbons (Fsp3) is 0.767. The van der Waals surface area contributed by atoms with Gasteiger partial charge in [-0.05, 0) is 70.1 Å². The van der Waals surface area contributed by atoms with Gasteiger partial charge in [-0.3, -0.25) is 14.1 Å². The van der Waals surface area contributed by atoms with E-state index in [1.165, 1.54) is 38.5 Å². The van der Waals surface area contributed by atoms with Crippen LogP contribution in [0.15, 0.2) is 48.6 Å². The molecule has 0 radical (unpaired) electrons. The van der Waals surface area contributed by atoms with Gasteiger partial charge in [-0.1, -0.05) is 127 Å². The van der Waals surface area contributed by atoms with Gasteiger partial charge in [-0.15, -0.1) is 0 Å². The maximum absolute atomic E-state index is 12.5. The molecule has 0 aromatic carbocycles. The average molecular weight is 799 g/mol. The molecule has 1 aliphatic carbocycles. The normalized spacial score (nSPS) is 20.3. The van der Waals surface area contributed by atoms with Crippen molar-refractivity contribution >= 4 is 19.8 Å². The minimum Gasteiger partial charge on any atom is -0.462 e. The van der Waals surface area contributed by atoms with Gasteiger partial charge in [-0.2, -0.15) is 0 Å². The predicted octanol–water partition coefficient (Wildman–Crippen LogP) is 9.12.